The van der Waals surface area contributed by atoms with Crippen LogP contribution in [0.3, 0.4) is 0 Å². The molecule has 0 aliphatic heterocycles. The summed E-state index contributed by atoms with van der Waals surface area (Å²) in [6.07, 6.45) is -0.455. The summed E-state index contributed by atoms with van der Waals surface area (Å²) in [6.45, 7) is 1.96. The van der Waals surface area contributed by atoms with Crippen LogP contribution in [-0.2, 0) is 0 Å². The Hall–Kier alpha value is -0.730. The molecule has 0 saturated carbocycles. The van der Waals surface area contributed by atoms with Crippen molar-refractivity contribution in [2.75, 3.05) is 6.61 Å². The number of benzene rings is 1. The molecule has 0 fully saturated rings. The molecule has 1 aromatic rings. The van der Waals surface area contributed by atoms with Gasteiger partial charge in [-0.3, -0.25) is 0 Å². The van der Waals surface area contributed by atoms with Crippen LogP contribution in [-0.4, -0.2) is 17.8 Å². The van der Waals surface area contributed by atoms with E-state index in [9.17, 15) is 0 Å². The van der Waals surface area contributed by atoms with Crippen LogP contribution in [0.1, 0.15) is 6.92 Å². The summed E-state index contributed by atoms with van der Waals surface area (Å²) in [7, 11) is 0. The molecule has 1 aromatic carbocycles. The third-order valence-corrected chi connectivity index (χ3v) is 1.52. The van der Waals surface area contributed by atoms with Gasteiger partial charge in [0.25, 0.3) is 0 Å². The maximum Gasteiger partial charge on any atom is 0.120 e. The molecule has 1 N–H and O–H groups in total. The summed E-state index contributed by atoms with van der Waals surface area (Å²) in [5.41, 5.74) is 0. The first-order chi connectivity index (χ1) is 5.68. The molecule has 66 valence electrons. The Morgan fingerprint density at radius 1 is 1.58 bits per heavy atom. The molecule has 0 aromatic heterocycles. The van der Waals surface area contributed by atoms with Gasteiger partial charge in [-0.2, -0.15) is 0 Å². The first kappa shape index (κ1) is 9.36. The zero-order chi connectivity index (χ0) is 8.97. The van der Waals surface area contributed by atoms with Crippen LogP contribution >= 0.6 is 11.6 Å². The highest BCUT2D eigenvalue weighted by molar-refractivity contribution is 6.30. The van der Waals surface area contributed by atoms with E-state index in [2.05, 4.69) is 0 Å². The molecular weight excluding hydrogens is 176 g/mol. The summed E-state index contributed by atoms with van der Waals surface area (Å²) in [4.78, 5) is 0. The minimum absolute atomic E-state index is 0.292. The van der Waals surface area contributed by atoms with Crippen molar-refractivity contribution in [1.29, 1.82) is 0 Å². The molecule has 3 heteroatoms. The number of rotatable bonds is 3. The van der Waals surface area contributed by atoms with Crippen LogP contribution in [0.4, 0.5) is 0 Å². The minimum Gasteiger partial charge on any atom is -0.491 e. The lowest BCUT2D eigenvalue weighted by molar-refractivity contribution is 0.123. The van der Waals surface area contributed by atoms with Crippen molar-refractivity contribution < 1.29 is 9.84 Å². The van der Waals surface area contributed by atoms with Crippen LogP contribution in [0.15, 0.2) is 24.3 Å². The normalized spacial score (nSPS) is 12.6. The van der Waals surface area contributed by atoms with E-state index < -0.39 is 6.10 Å². The maximum absolute atomic E-state index is 8.92. The molecule has 12 heavy (non-hydrogen) atoms. The fourth-order valence-electron chi connectivity index (χ4n) is 0.774. The Morgan fingerprint density at radius 2 is 2.33 bits per heavy atom. The first-order valence-electron chi connectivity index (χ1n) is 3.75. The summed E-state index contributed by atoms with van der Waals surface area (Å²) < 4.78 is 5.21. The molecule has 0 aliphatic rings. The maximum atomic E-state index is 8.92. The van der Waals surface area contributed by atoms with Gasteiger partial charge < -0.3 is 9.84 Å². The molecule has 1 unspecified atom stereocenters. The van der Waals surface area contributed by atoms with Crippen LogP contribution < -0.4 is 4.74 Å². The lowest BCUT2D eigenvalue weighted by Crippen LogP contribution is -2.12. The van der Waals surface area contributed by atoms with Gasteiger partial charge in [-0.15, -0.1) is 0 Å². The second-order valence-electron chi connectivity index (χ2n) is 2.62. The summed E-state index contributed by atoms with van der Waals surface area (Å²) in [6, 6.07) is 7.09. The molecule has 0 heterocycles. The van der Waals surface area contributed by atoms with Crippen molar-refractivity contribution in [2.45, 2.75) is 13.0 Å². The molecule has 0 bridgehead atoms. The van der Waals surface area contributed by atoms with Crippen molar-refractivity contribution in [3.63, 3.8) is 0 Å². The predicted molar refractivity (Wildman–Crippen MR) is 48.6 cm³/mol. The first-order valence-corrected chi connectivity index (χ1v) is 4.12. The Balaban J connectivity index is 2.52. The van der Waals surface area contributed by atoms with Crippen LogP contribution in [0, 0.1) is 0 Å². The fourth-order valence-corrected chi connectivity index (χ4v) is 0.954. The van der Waals surface area contributed by atoms with Crippen molar-refractivity contribution in [2.24, 2.45) is 0 Å². The average Bonchev–Trinajstić information content (AvgIpc) is 2.01. The van der Waals surface area contributed by atoms with Gasteiger partial charge in [-0.25, -0.2) is 0 Å². The second kappa shape index (κ2) is 4.33. The predicted octanol–water partition coefficient (Wildman–Crippen LogP) is 2.10. The van der Waals surface area contributed by atoms with Gasteiger partial charge in [-0.1, -0.05) is 17.7 Å². The van der Waals surface area contributed by atoms with Gasteiger partial charge in [0.05, 0.1) is 6.10 Å². The van der Waals surface area contributed by atoms with Gasteiger partial charge >= 0.3 is 0 Å². The molecule has 0 aliphatic carbocycles. The van der Waals surface area contributed by atoms with Crippen LogP contribution in [0.2, 0.25) is 5.02 Å². The molecule has 1 rings (SSSR count). The molecule has 1 atom stereocenters. The second-order valence-corrected chi connectivity index (χ2v) is 3.05. The Labute approximate surface area is 76.7 Å². The Kier molecular flexibility index (Phi) is 3.38. The van der Waals surface area contributed by atoms with Crippen molar-refractivity contribution in [3.8, 4) is 5.75 Å². The summed E-state index contributed by atoms with van der Waals surface area (Å²) in [5, 5.41) is 9.56. The lowest BCUT2D eigenvalue weighted by Gasteiger charge is -2.07. The smallest absolute Gasteiger partial charge is 0.120 e. The van der Waals surface area contributed by atoms with E-state index in [0.29, 0.717) is 17.4 Å². The molecule has 0 spiro atoms. The van der Waals surface area contributed by atoms with Gasteiger partial charge in [0.1, 0.15) is 12.4 Å². The number of ether oxygens (including phenoxy) is 1. The minimum atomic E-state index is -0.455. The molecule has 2 nitrogen and oxygen atoms in total. The van der Waals surface area contributed by atoms with E-state index in [1.165, 1.54) is 0 Å². The van der Waals surface area contributed by atoms with Crippen LogP contribution in [0.25, 0.3) is 0 Å². The molecule has 0 amide bonds. The fraction of sp³-hybridized carbons (Fsp3) is 0.333. The van der Waals surface area contributed by atoms with Crippen molar-refractivity contribution in [3.05, 3.63) is 29.3 Å². The van der Waals surface area contributed by atoms with E-state index in [1.807, 2.05) is 0 Å². The number of aliphatic hydroxyl groups is 1. The third kappa shape index (κ3) is 3.11. The summed E-state index contributed by atoms with van der Waals surface area (Å²) >= 11 is 5.72. The van der Waals surface area contributed by atoms with E-state index in [-0.39, 0.29) is 0 Å². The monoisotopic (exact) mass is 186 g/mol. The number of hydrogen-bond donors (Lipinski definition) is 1. The number of aliphatic hydroxyl groups excluding tert-OH is 1. The van der Waals surface area contributed by atoms with Gasteiger partial charge in [0, 0.05) is 5.02 Å². The zero-order valence-corrected chi connectivity index (χ0v) is 7.58. The molecule has 0 radical (unpaired) electrons. The van der Waals surface area contributed by atoms with Gasteiger partial charge in [0.2, 0.25) is 0 Å². The Morgan fingerprint density at radius 3 is 2.92 bits per heavy atom. The van der Waals surface area contributed by atoms with Gasteiger partial charge in [0.15, 0.2) is 0 Å². The van der Waals surface area contributed by atoms with Gasteiger partial charge in [-0.05, 0) is 25.1 Å². The quantitative estimate of drug-likeness (QED) is 0.784. The molecular formula is C9H11ClO2. The Bertz CT molecular complexity index is 248. The SMILES string of the molecule is CC(O)COc1cccc(Cl)c1. The number of halogens is 1. The third-order valence-electron chi connectivity index (χ3n) is 1.29. The average molecular weight is 187 g/mol. The standard InChI is InChI=1S/C9H11ClO2/c1-7(11)6-12-9-4-2-3-8(10)5-9/h2-5,7,11H,6H2,1H3. The lowest BCUT2D eigenvalue weighted by atomic mass is 10.3. The summed E-state index contributed by atoms with van der Waals surface area (Å²) in [5.74, 6) is 0.684. The zero-order valence-electron chi connectivity index (χ0n) is 6.83. The topological polar surface area (TPSA) is 29.5 Å². The number of hydrogen-bond acceptors (Lipinski definition) is 2. The van der Waals surface area contributed by atoms with Crippen molar-refractivity contribution >= 4 is 11.6 Å². The van der Waals surface area contributed by atoms with E-state index in [4.69, 9.17) is 21.4 Å². The highest BCUT2D eigenvalue weighted by Gasteiger charge is 1.97. The van der Waals surface area contributed by atoms with Crippen LogP contribution in [0.5, 0.6) is 5.75 Å². The van der Waals surface area contributed by atoms with E-state index in [1.54, 1.807) is 31.2 Å². The van der Waals surface area contributed by atoms with E-state index >= 15 is 0 Å². The largest absolute Gasteiger partial charge is 0.491 e. The van der Waals surface area contributed by atoms with E-state index in [0.717, 1.165) is 0 Å². The van der Waals surface area contributed by atoms with Crippen molar-refractivity contribution in [1.82, 2.24) is 0 Å². The highest BCUT2D eigenvalue weighted by Crippen LogP contribution is 2.16. The highest BCUT2D eigenvalue weighted by atomic mass is 35.5. The molecule has 0 saturated heterocycles.